The molecule has 18 heavy (non-hydrogen) atoms. The molecule has 0 spiro atoms. The quantitative estimate of drug-likeness (QED) is 0.867. The predicted molar refractivity (Wildman–Crippen MR) is 78.4 cm³/mol. The molecule has 0 aliphatic carbocycles. The normalized spacial score (nSPS) is 12.6. The van der Waals surface area contributed by atoms with Crippen molar-refractivity contribution in [3.05, 3.63) is 48.3 Å². The molecule has 1 aromatic carbocycles. The molecular weight excluding hydrogens is 242 g/mol. The van der Waals surface area contributed by atoms with Gasteiger partial charge in [0.05, 0.1) is 17.4 Å². The van der Waals surface area contributed by atoms with E-state index in [1.807, 2.05) is 47.9 Å². The maximum atomic E-state index is 4.43. The number of hydrogen-bond acceptors (Lipinski definition) is 3. The lowest BCUT2D eigenvalue weighted by molar-refractivity contribution is 0.613. The standard InChI is InChI=1S/C14H19N3S/c1-3-18-11-13(15-2)14-9-10-16-17(14)12-7-5-4-6-8-12/h4-10,13,15H,3,11H2,1-2H3. The first-order valence-electron chi connectivity index (χ1n) is 6.21. The van der Waals surface area contributed by atoms with Gasteiger partial charge in [0.25, 0.3) is 0 Å². The highest BCUT2D eigenvalue weighted by Gasteiger charge is 2.14. The molecule has 0 bridgehead atoms. The Hall–Kier alpha value is -1.26. The molecule has 2 aromatic rings. The van der Waals surface area contributed by atoms with E-state index in [1.165, 1.54) is 5.69 Å². The number of rotatable bonds is 6. The maximum absolute atomic E-state index is 4.43. The summed E-state index contributed by atoms with van der Waals surface area (Å²) in [5.74, 6) is 2.20. The second-order valence-electron chi connectivity index (χ2n) is 4.00. The average Bonchev–Trinajstić information content (AvgIpc) is 2.90. The number of thioether (sulfide) groups is 1. The van der Waals surface area contributed by atoms with Crippen molar-refractivity contribution in [1.82, 2.24) is 15.1 Å². The fourth-order valence-corrected chi connectivity index (χ4v) is 2.72. The van der Waals surface area contributed by atoms with Crippen molar-refractivity contribution >= 4 is 11.8 Å². The molecule has 0 saturated carbocycles. The predicted octanol–water partition coefficient (Wildman–Crippen LogP) is 2.89. The first kappa shape index (κ1) is 13.2. The summed E-state index contributed by atoms with van der Waals surface area (Å²) in [5, 5.41) is 7.80. The van der Waals surface area contributed by atoms with E-state index in [1.54, 1.807) is 0 Å². The van der Waals surface area contributed by atoms with Gasteiger partial charge in [-0.05, 0) is 31.0 Å². The van der Waals surface area contributed by atoms with Gasteiger partial charge in [0.2, 0.25) is 0 Å². The van der Waals surface area contributed by atoms with Crippen molar-refractivity contribution in [1.29, 1.82) is 0 Å². The number of nitrogens with one attached hydrogen (secondary N) is 1. The van der Waals surface area contributed by atoms with Crippen LogP contribution < -0.4 is 5.32 Å². The van der Waals surface area contributed by atoms with E-state index in [4.69, 9.17) is 0 Å². The Bertz CT molecular complexity index is 467. The first-order chi connectivity index (χ1) is 8.86. The Labute approximate surface area is 113 Å². The van der Waals surface area contributed by atoms with Crippen LogP contribution in [0, 0.1) is 0 Å². The Morgan fingerprint density at radius 2 is 2.06 bits per heavy atom. The molecule has 0 amide bonds. The summed E-state index contributed by atoms with van der Waals surface area (Å²) in [6.45, 7) is 2.19. The summed E-state index contributed by atoms with van der Waals surface area (Å²) in [7, 11) is 2.00. The number of hydrogen-bond donors (Lipinski definition) is 1. The Kier molecular flexibility index (Phi) is 4.84. The van der Waals surface area contributed by atoms with Crippen LogP contribution in [0.2, 0.25) is 0 Å². The van der Waals surface area contributed by atoms with Crippen LogP contribution in [-0.4, -0.2) is 28.3 Å². The maximum Gasteiger partial charge on any atom is 0.0649 e. The summed E-state index contributed by atoms with van der Waals surface area (Å²) >= 11 is 1.94. The van der Waals surface area contributed by atoms with Crippen molar-refractivity contribution in [3.8, 4) is 5.69 Å². The summed E-state index contributed by atoms with van der Waals surface area (Å²) in [6, 6.07) is 12.7. The molecule has 1 heterocycles. The van der Waals surface area contributed by atoms with Gasteiger partial charge in [-0.3, -0.25) is 0 Å². The van der Waals surface area contributed by atoms with Gasteiger partial charge in [0.1, 0.15) is 0 Å². The SMILES string of the molecule is CCSCC(NC)c1ccnn1-c1ccccc1. The van der Waals surface area contributed by atoms with Crippen LogP contribution in [0.15, 0.2) is 42.6 Å². The minimum Gasteiger partial charge on any atom is -0.311 e. The van der Waals surface area contributed by atoms with Crippen LogP contribution >= 0.6 is 11.8 Å². The smallest absolute Gasteiger partial charge is 0.0649 e. The van der Waals surface area contributed by atoms with Gasteiger partial charge in [0.15, 0.2) is 0 Å². The van der Waals surface area contributed by atoms with Gasteiger partial charge in [-0.25, -0.2) is 4.68 Å². The molecule has 4 heteroatoms. The molecule has 0 saturated heterocycles. The molecule has 1 atom stereocenters. The van der Waals surface area contributed by atoms with Crippen LogP contribution in [0.3, 0.4) is 0 Å². The summed E-state index contributed by atoms with van der Waals surface area (Å²) < 4.78 is 2.01. The molecule has 0 aliphatic heterocycles. The summed E-state index contributed by atoms with van der Waals surface area (Å²) in [4.78, 5) is 0. The second kappa shape index (κ2) is 6.61. The van der Waals surface area contributed by atoms with Crippen LogP contribution in [0.4, 0.5) is 0 Å². The zero-order chi connectivity index (χ0) is 12.8. The lowest BCUT2D eigenvalue weighted by Crippen LogP contribution is -2.22. The van der Waals surface area contributed by atoms with Crippen LogP contribution in [0.5, 0.6) is 0 Å². The minimum atomic E-state index is 0.331. The van der Waals surface area contributed by atoms with E-state index in [0.717, 1.165) is 17.2 Å². The third-order valence-electron chi connectivity index (χ3n) is 2.87. The van der Waals surface area contributed by atoms with E-state index in [2.05, 4.69) is 35.5 Å². The lowest BCUT2D eigenvalue weighted by atomic mass is 10.2. The zero-order valence-corrected chi connectivity index (χ0v) is 11.7. The van der Waals surface area contributed by atoms with Crippen molar-refractivity contribution in [2.24, 2.45) is 0 Å². The molecule has 0 fully saturated rings. The first-order valence-corrected chi connectivity index (χ1v) is 7.36. The monoisotopic (exact) mass is 261 g/mol. The van der Waals surface area contributed by atoms with Crippen LogP contribution in [-0.2, 0) is 0 Å². The molecule has 1 N–H and O–H groups in total. The number of benzene rings is 1. The van der Waals surface area contributed by atoms with Crippen LogP contribution in [0.1, 0.15) is 18.7 Å². The molecule has 3 nitrogen and oxygen atoms in total. The molecule has 0 radical (unpaired) electrons. The number of nitrogens with zero attached hydrogens (tertiary/aromatic N) is 2. The van der Waals surface area contributed by atoms with Gasteiger partial charge in [-0.2, -0.15) is 16.9 Å². The van der Waals surface area contributed by atoms with Gasteiger partial charge < -0.3 is 5.32 Å². The Morgan fingerprint density at radius 3 is 2.72 bits per heavy atom. The van der Waals surface area contributed by atoms with E-state index < -0.39 is 0 Å². The fourth-order valence-electron chi connectivity index (χ4n) is 1.91. The van der Waals surface area contributed by atoms with Gasteiger partial charge in [-0.15, -0.1) is 0 Å². The zero-order valence-electron chi connectivity index (χ0n) is 10.8. The van der Waals surface area contributed by atoms with E-state index >= 15 is 0 Å². The second-order valence-corrected chi connectivity index (χ2v) is 5.32. The molecule has 96 valence electrons. The van der Waals surface area contributed by atoms with E-state index in [-0.39, 0.29) is 0 Å². The van der Waals surface area contributed by atoms with Crippen molar-refractivity contribution in [3.63, 3.8) is 0 Å². The molecular formula is C14H19N3S. The fraction of sp³-hybridized carbons (Fsp3) is 0.357. The highest BCUT2D eigenvalue weighted by molar-refractivity contribution is 7.99. The topological polar surface area (TPSA) is 29.9 Å². The minimum absolute atomic E-state index is 0.331. The molecule has 2 rings (SSSR count). The van der Waals surface area contributed by atoms with Gasteiger partial charge in [-0.1, -0.05) is 25.1 Å². The van der Waals surface area contributed by atoms with Gasteiger partial charge in [0, 0.05) is 11.9 Å². The van der Waals surface area contributed by atoms with Crippen molar-refractivity contribution in [2.45, 2.75) is 13.0 Å². The number of para-hydroxylation sites is 1. The van der Waals surface area contributed by atoms with E-state index in [0.29, 0.717) is 6.04 Å². The largest absolute Gasteiger partial charge is 0.311 e. The highest BCUT2D eigenvalue weighted by atomic mass is 32.2. The Balaban J connectivity index is 2.26. The lowest BCUT2D eigenvalue weighted by Gasteiger charge is -2.17. The Morgan fingerprint density at radius 1 is 1.28 bits per heavy atom. The van der Waals surface area contributed by atoms with Crippen molar-refractivity contribution < 1.29 is 0 Å². The van der Waals surface area contributed by atoms with Gasteiger partial charge >= 0.3 is 0 Å². The van der Waals surface area contributed by atoms with Crippen molar-refractivity contribution in [2.75, 3.05) is 18.6 Å². The molecule has 1 unspecified atom stereocenters. The summed E-state index contributed by atoms with van der Waals surface area (Å²) in [6.07, 6.45) is 1.86. The number of aromatic nitrogens is 2. The third kappa shape index (κ3) is 2.94. The average molecular weight is 261 g/mol. The summed E-state index contributed by atoms with van der Waals surface area (Å²) in [5.41, 5.74) is 2.32. The third-order valence-corrected chi connectivity index (χ3v) is 3.84. The highest BCUT2D eigenvalue weighted by Crippen LogP contribution is 2.20. The van der Waals surface area contributed by atoms with Crippen LogP contribution in [0.25, 0.3) is 5.69 Å². The van der Waals surface area contributed by atoms with E-state index in [9.17, 15) is 0 Å². The molecule has 1 aromatic heterocycles. The molecule has 0 aliphatic rings.